The van der Waals surface area contributed by atoms with Crippen LogP contribution in [0.15, 0.2) is 29.0 Å². The monoisotopic (exact) mass is 322 g/mol. The van der Waals surface area contributed by atoms with Gasteiger partial charge in [-0.05, 0) is 40.5 Å². The fourth-order valence-corrected chi connectivity index (χ4v) is 2.28. The van der Waals surface area contributed by atoms with E-state index in [2.05, 4.69) is 36.5 Å². The van der Waals surface area contributed by atoms with Gasteiger partial charge in [-0.15, -0.1) is 0 Å². The third-order valence-corrected chi connectivity index (χ3v) is 3.28. The second kappa shape index (κ2) is 5.88. The Morgan fingerprint density at radius 2 is 1.95 bits per heavy atom. The van der Waals surface area contributed by atoms with Crippen molar-refractivity contribution >= 4 is 33.3 Å². The molecule has 1 heterocycles. The number of hydrogen-bond donors (Lipinski definition) is 2. The number of hydrogen-bond acceptors (Lipinski definition) is 5. The van der Waals surface area contributed by atoms with Crippen LogP contribution in [0.25, 0.3) is 0 Å². The van der Waals surface area contributed by atoms with Crippen LogP contribution in [-0.4, -0.2) is 24.1 Å². The number of aryl methyl sites for hydroxylation is 1. The first-order chi connectivity index (χ1) is 9.15. The van der Waals surface area contributed by atoms with Crippen molar-refractivity contribution in [3.05, 3.63) is 34.6 Å². The largest absolute Gasteiger partial charge is 0.490 e. The van der Waals surface area contributed by atoms with Crippen molar-refractivity contribution in [1.29, 1.82) is 0 Å². The zero-order valence-corrected chi connectivity index (χ0v) is 12.6. The van der Waals surface area contributed by atoms with Crippen LogP contribution in [0, 0.1) is 6.92 Å². The highest BCUT2D eigenvalue weighted by Crippen LogP contribution is 2.33. The van der Waals surface area contributed by atoms with Crippen LogP contribution in [0.2, 0.25) is 0 Å². The number of anilines is 3. The summed E-state index contributed by atoms with van der Waals surface area (Å²) in [4.78, 5) is 8.32. The Kier molecular flexibility index (Phi) is 4.21. The van der Waals surface area contributed by atoms with Gasteiger partial charge in [0.25, 0.3) is 0 Å². The second-order valence-electron chi connectivity index (χ2n) is 3.96. The topological polar surface area (TPSA) is 59.1 Å². The number of methoxy groups -OCH3 is 1. The van der Waals surface area contributed by atoms with E-state index in [9.17, 15) is 0 Å². The van der Waals surface area contributed by atoms with E-state index in [1.807, 2.05) is 25.1 Å². The van der Waals surface area contributed by atoms with Crippen molar-refractivity contribution in [1.82, 2.24) is 9.97 Å². The summed E-state index contributed by atoms with van der Waals surface area (Å²) in [6.45, 7) is 2.04. The molecular formula is C13H15BrN4O. The molecule has 0 unspecified atom stereocenters. The Morgan fingerprint density at radius 3 is 2.58 bits per heavy atom. The van der Waals surface area contributed by atoms with Crippen LogP contribution < -0.4 is 15.4 Å². The van der Waals surface area contributed by atoms with Crippen molar-refractivity contribution in [2.24, 2.45) is 0 Å². The molecule has 0 atom stereocenters. The molecule has 0 saturated heterocycles. The molecule has 0 radical (unpaired) electrons. The molecule has 0 fully saturated rings. The van der Waals surface area contributed by atoms with Crippen molar-refractivity contribution in [2.45, 2.75) is 6.92 Å². The fraction of sp³-hybridized carbons (Fsp3) is 0.231. The Bertz CT molecular complexity index is 589. The van der Waals surface area contributed by atoms with E-state index in [1.165, 1.54) is 11.9 Å². The third-order valence-electron chi connectivity index (χ3n) is 2.62. The molecule has 5 nitrogen and oxygen atoms in total. The lowest BCUT2D eigenvalue weighted by Gasteiger charge is -2.13. The molecule has 100 valence electrons. The average molecular weight is 323 g/mol. The van der Waals surface area contributed by atoms with Crippen molar-refractivity contribution in [3.8, 4) is 5.75 Å². The summed E-state index contributed by atoms with van der Waals surface area (Å²) in [5, 5.41) is 6.20. The van der Waals surface area contributed by atoms with Crippen LogP contribution in [0.4, 0.5) is 17.3 Å². The minimum atomic E-state index is 0.581. The highest BCUT2D eigenvalue weighted by Gasteiger charge is 2.12. The minimum absolute atomic E-state index is 0.581. The van der Waals surface area contributed by atoms with E-state index in [0.717, 1.165) is 10.2 Å². The molecule has 0 aliphatic carbocycles. The van der Waals surface area contributed by atoms with E-state index in [4.69, 9.17) is 4.74 Å². The maximum absolute atomic E-state index is 5.34. The average Bonchev–Trinajstić information content (AvgIpc) is 2.41. The van der Waals surface area contributed by atoms with Crippen LogP contribution in [0.1, 0.15) is 5.56 Å². The van der Waals surface area contributed by atoms with E-state index in [0.29, 0.717) is 17.4 Å². The van der Waals surface area contributed by atoms with Gasteiger partial charge in [0.05, 0.1) is 12.8 Å². The van der Waals surface area contributed by atoms with Crippen LogP contribution in [0.5, 0.6) is 5.75 Å². The quantitative estimate of drug-likeness (QED) is 0.904. The Labute approximate surface area is 120 Å². The van der Waals surface area contributed by atoms with Gasteiger partial charge in [0.1, 0.15) is 6.33 Å². The molecule has 0 saturated carbocycles. The van der Waals surface area contributed by atoms with Gasteiger partial charge < -0.3 is 15.4 Å². The third kappa shape index (κ3) is 2.96. The smallest absolute Gasteiger partial charge is 0.204 e. The predicted molar refractivity (Wildman–Crippen MR) is 80.3 cm³/mol. The van der Waals surface area contributed by atoms with Gasteiger partial charge in [-0.2, -0.15) is 0 Å². The molecule has 1 aromatic heterocycles. The fourth-order valence-electron chi connectivity index (χ4n) is 1.68. The minimum Gasteiger partial charge on any atom is -0.490 e. The Morgan fingerprint density at radius 1 is 1.21 bits per heavy atom. The lowest BCUT2D eigenvalue weighted by Crippen LogP contribution is -2.03. The Balaban J connectivity index is 2.37. The molecule has 2 N–H and O–H groups in total. The molecule has 1 aromatic carbocycles. The number of ether oxygens (including phenoxy) is 1. The number of nitrogens with zero attached hydrogens (tertiary/aromatic N) is 2. The zero-order valence-electron chi connectivity index (χ0n) is 11.0. The van der Waals surface area contributed by atoms with Gasteiger partial charge in [0.15, 0.2) is 11.6 Å². The molecule has 2 rings (SSSR count). The number of aromatic nitrogens is 2. The summed E-state index contributed by atoms with van der Waals surface area (Å²) in [6.07, 6.45) is 1.48. The highest BCUT2D eigenvalue weighted by atomic mass is 79.9. The second-order valence-corrected chi connectivity index (χ2v) is 4.82. The molecule has 6 heteroatoms. The summed E-state index contributed by atoms with van der Waals surface area (Å²) in [5.41, 5.74) is 2.10. The van der Waals surface area contributed by atoms with Crippen molar-refractivity contribution in [2.75, 3.05) is 24.8 Å². The molecule has 0 amide bonds. The Hall–Kier alpha value is -1.82. The van der Waals surface area contributed by atoms with E-state index >= 15 is 0 Å². The molecule has 0 aliphatic rings. The number of benzene rings is 1. The van der Waals surface area contributed by atoms with E-state index in [-0.39, 0.29) is 0 Å². The number of halogens is 1. The summed E-state index contributed by atoms with van der Waals surface area (Å²) >= 11 is 3.52. The number of rotatable bonds is 4. The van der Waals surface area contributed by atoms with Gasteiger partial charge in [0.2, 0.25) is 5.75 Å². The first-order valence-electron chi connectivity index (χ1n) is 5.75. The first-order valence-corrected chi connectivity index (χ1v) is 6.55. The summed E-state index contributed by atoms with van der Waals surface area (Å²) in [7, 11) is 3.38. The first kappa shape index (κ1) is 13.6. The summed E-state index contributed by atoms with van der Waals surface area (Å²) in [5.74, 6) is 1.84. The summed E-state index contributed by atoms with van der Waals surface area (Å²) in [6, 6.07) is 6.05. The molecule has 2 aromatic rings. The molecule has 0 aliphatic heterocycles. The van der Waals surface area contributed by atoms with Gasteiger partial charge in [-0.3, -0.25) is 0 Å². The molecule has 19 heavy (non-hydrogen) atoms. The maximum atomic E-state index is 5.34. The summed E-state index contributed by atoms with van der Waals surface area (Å²) < 4.78 is 6.31. The lowest BCUT2D eigenvalue weighted by atomic mass is 10.2. The van der Waals surface area contributed by atoms with Gasteiger partial charge in [0, 0.05) is 11.5 Å². The molecule has 0 bridgehead atoms. The van der Waals surface area contributed by atoms with Crippen LogP contribution in [-0.2, 0) is 0 Å². The SMILES string of the molecule is CNc1ncnc(Nc2ccc(C)cc2Br)c1OC. The van der Waals surface area contributed by atoms with Crippen LogP contribution in [0.3, 0.4) is 0 Å². The van der Waals surface area contributed by atoms with Gasteiger partial charge >= 0.3 is 0 Å². The van der Waals surface area contributed by atoms with Crippen molar-refractivity contribution < 1.29 is 4.74 Å². The predicted octanol–water partition coefficient (Wildman–Crippen LogP) is 3.34. The van der Waals surface area contributed by atoms with Crippen LogP contribution >= 0.6 is 15.9 Å². The highest BCUT2D eigenvalue weighted by molar-refractivity contribution is 9.10. The zero-order chi connectivity index (χ0) is 13.8. The van der Waals surface area contributed by atoms with Crippen molar-refractivity contribution in [3.63, 3.8) is 0 Å². The van der Waals surface area contributed by atoms with E-state index in [1.54, 1.807) is 14.2 Å². The molecule has 0 spiro atoms. The maximum Gasteiger partial charge on any atom is 0.204 e. The number of nitrogens with one attached hydrogen (secondary N) is 2. The molecular weight excluding hydrogens is 308 g/mol. The van der Waals surface area contributed by atoms with Gasteiger partial charge in [-0.1, -0.05) is 6.07 Å². The lowest BCUT2D eigenvalue weighted by molar-refractivity contribution is 0.415. The van der Waals surface area contributed by atoms with E-state index < -0.39 is 0 Å². The standard InChI is InChI=1S/C13H15BrN4O/c1-8-4-5-10(9(14)6-8)18-13-11(19-3)12(15-2)16-7-17-13/h4-7H,1-3H3,(H2,15,16,17,18). The normalized spacial score (nSPS) is 10.1. The van der Waals surface area contributed by atoms with Gasteiger partial charge in [-0.25, -0.2) is 9.97 Å².